The molecule has 5 aliphatic carbocycles. The zero-order chi connectivity index (χ0) is 31.1. The zero-order valence-electron chi connectivity index (χ0n) is 31.1. The van der Waals surface area contributed by atoms with Crippen molar-refractivity contribution in [3.8, 4) is 0 Å². The van der Waals surface area contributed by atoms with Crippen LogP contribution in [0.1, 0.15) is 225 Å². The first-order valence-electron chi connectivity index (χ1n) is 21.5. The van der Waals surface area contributed by atoms with Crippen LogP contribution in [0.2, 0.25) is 0 Å². The molecular formula is C48H96. The van der Waals surface area contributed by atoms with Crippen molar-refractivity contribution in [3.63, 3.8) is 0 Å². The fraction of sp³-hybridized carbons (Fsp3) is 1.00. The van der Waals surface area contributed by atoms with Crippen LogP contribution in [-0.2, 0) is 0 Å². The van der Waals surface area contributed by atoms with E-state index in [4.69, 9.17) is 0 Å². The highest BCUT2D eigenvalue weighted by Crippen LogP contribution is 2.63. The second-order valence-corrected chi connectivity index (χ2v) is 18.1. The predicted octanol–water partition coefficient (Wildman–Crippen LogP) is 16.7. The number of hydrogen-bond donors (Lipinski definition) is 0. The molecule has 5 rings (SSSR count). The molecule has 0 heteroatoms. The summed E-state index contributed by atoms with van der Waals surface area (Å²) in [6.07, 6.45) is 36.7. The first kappa shape index (κ1) is 46.0. The van der Waals surface area contributed by atoms with E-state index in [1.807, 2.05) is 0 Å². The molecule has 5 saturated carbocycles. The average molecular weight is 673 g/mol. The van der Waals surface area contributed by atoms with Gasteiger partial charge >= 0.3 is 0 Å². The van der Waals surface area contributed by atoms with Gasteiger partial charge < -0.3 is 0 Å². The minimum absolute atomic E-state index is 0. The van der Waals surface area contributed by atoms with Gasteiger partial charge in [-0.3, -0.25) is 0 Å². The Morgan fingerprint density at radius 1 is 0.542 bits per heavy atom. The summed E-state index contributed by atoms with van der Waals surface area (Å²) in [5.74, 6) is 14.4. The standard InChI is InChI=1S/C44H80.4CH4/c1-7-11-20-31(5)29-30-33-22-13-15-26-40(39-25-17-16-24-38(33)39)44-35(9-3)34(8-2)43(41-27-18-19-28-42(41)44)36(10-4)37-23-14-12-21-32(37)6;;;;/h31-44H,7-30H2,1-6H3;4*1H4. The maximum Gasteiger partial charge on any atom is -0.0321 e. The predicted molar refractivity (Wildman–Crippen MR) is 221 cm³/mol. The van der Waals surface area contributed by atoms with Crippen LogP contribution >= 0.6 is 0 Å². The molecule has 0 amide bonds. The summed E-state index contributed by atoms with van der Waals surface area (Å²) in [6, 6.07) is 0. The van der Waals surface area contributed by atoms with Crippen molar-refractivity contribution in [3.05, 3.63) is 0 Å². The smallest absolute Gasteiger partial charge is 0.0321 e. The van der Waals surface area contributed by atoms with E-state index < -0.39 is 0 Å². The van der Waals surface area contributed by atoms with E-state index in [0.717, 1.165) is 82.9 Å². The topological polar surface area (TPSA) is 0 Å². The highest BCUT2D eigenvalue weighted by molar-refractivity contribution is 5.04. The van der Waals surface area contributed by atoms with E-state index >= 15 is 0 Å². The van der Waals surface area contributed by atoms with E-state index in [9.17, 15) is 0 Å². The van der Waals surface area contributed by atoms with Gasteiger partial charge in [0, 0.05) is 0 Å². The summed E-state index contributed by atoms with van der Waals surface area (Å²) >= 11 is 0. The molecule has 14 atom stereocenters. The molecule has 0 nitrogen and oxygen atoms in total. The highest BCUT2D eigenvalue weighted by atomic mass is 14.6. The van der Waals surface area contributed by atoms with Gasteiger partial charge in [0.25, 0.3) is 0 Å². The van der Waals surface area contributed by atoms with Crippen molar-refractivity contribution in [2.75, 3.05) is 0 Å². The minimum Gasteiger partial charge on any atom is -0.0776 e. The van der Waals surface area contributed by atoms with E-state index in [2.05, 4.69) is 41.5 Å². The summed E-state index contributed by atoms with van der Waals surface area (Å²) in [5.41, 5.74) is 0. The summed E-state index contributed by atoms with van der Waals surface area (Å²) in [7, 11) is 0. The largest absolute Gasteiger partial charge is 0.0776 e. The summed E-state index contributed by atoms with van der Waals surface area (Å²) in [5, 5.41) is 0. The van der Waals surface area contributed by atoms with Gasteiger partial charge in [-0.1, -0.05) is 180 Å². The Bertz CT molecular complexity index is 790. The highest BCUT2D eigenvalue weighted by Gasteiger charge is 2.56. The molecule has 48 heavy (non-hydrogen) atoms. The minimum atomic E-state index is 0. The van der Waals surface area contributed by atoms with E-state index in [-0.39, 0.29) is 29.7 Å². The average Bonchev–Trinajstić information content (AvgIpc) is 3.05. The lowest BCUT2D eigenvalue weighted by atomic mass is 9.44. The Morgan fingerprint density at radius 3 is 1.65 bits per heavy atom. The molecule has 5 aliphatic rings. The molecule has 0 aromatic carbocycles. The Balaban J connectivity index is 0.00000288. The molecule has 14 unspecified atom stereocenters. The van der Waals surface area contributed by atoms with E-state index in [1.54, 1.807) is 89.9 Å². The quantitative estimate of drug-likeness (QED) is 0.193. The fourth-order valence-corrected chi connectivity index (χ4v) is 14.2. The molecule has 288 valence electrons. The van der Waals surface area contributed by atoms with Crippen LogP contribution in [0.3, 0.4) is 0 Å². The summed E-state index contributed by atoms with van der Waals surface area (Å²) in [4.78, 5) is 0. The molecule has 0 N–H and O–H groups in total. The third-order valence-electron chi connectivity index (χ3n) is 16.0. The molecular weight excluding hydrogens is 577 g/mol. The molecule has 0 heterocycles. The van der Waals surface area contributed by atoms with Crippen molar-refractivity contribution in [2.24, 2.45) is 82.9 Å². The summed E-state index contributed by atoms with van der Waals surface area (Å²) < 4.78 is 0. The van der Waals surface area contributed by atoms with Gasteiger partial charge in [0.05, 0.1) is 0 Å². The Hall–Kier alpha value is 0. The number of hydrogen-bond acceptors (Lipinski definition) is 0. The van der Waals surface area contributed by atoms with Gasteiger partial charge in [0.1, 0.15) is 0 Å². The molecule has 0 aliphatic heterocycles. The lowest BCUT2D eigenvalue weighted by molar-refractivity contribution is -0.124. The maximum atomic E-state index is 2.66. The molecule has 0 spiro atoms. The first-order valence-corrected chi connectivity index (χ1v) is 21.5. The van der Waals surface area contributed by atoms with Crippen LogP contribution in [0.15, 0.2) is 0 Å². The number of fused-ring (bicyclic) bond motifs is 2. The maximum absolute atomic E-state index is 2.66. The van der Waals surface area contributed by atoms with Gasteiger partial charge in [-0.15, -0.1) is 0 Å². The van der Waals surface area contributed by atoms with Crippen LogP contribution in [0.5, 0.6) is 0 Å². The third-order valence-corrected chi connectivity index (χ3v) is 16.0. The van der Waals surface area contributed by atoms with Gasteiger partial charge in [-0.2, -0.15) is 0 Å². The van der Waals surface area contributed by atoms with E-state index in [0.29, 0.717) is 0 Å². The van der Waals surface area contributed by atoms with Crippen molar-refractivity contribution in [2.45, 2.75) is 225 Å². The molecule has 0 bridgehead atoms. The van der Waals surface area contributed by atoms with Gasteiger partial charge in [0.15, 0.2) is 0 Å². The van der Waals surface area contributed by atoms with Crippen molar-refractivity contribution in [1.82, 2.24) is 0 Å². The monoisotopic (exact) mass is 673 g/mol. The molecule has 0 radical (unpaired) electrons. The van der Waals surface area contributed by atoms with Crippen molar-refractivity contribution >= 4 is 0 Å². The Kier molecular flexibility index (Phi) is 21.9. The molecule has 0 saturated heterocycles. The third kappa shape index (κ3) is 10.3. The van der Waals surface area contributed by atoms with E-state index in [1.165, 1.54) is 64.2 Å². The second kappa shape index (κ2) is 22.8. The zero-order valence-corrected chi connectivity index (χ0v) is 31.1. The molecule has 5 fully saturated rings. The number of unbranched alkanes of at least 4 members (excludes halogenated alkanes) is 1. The van der Waals surface area contributed by atoms with Crippen LogP contribution < -0.4 is 0 Å². The molecule has 0 aromatic rings. The molecule has 0 aromatic heterocycles. The van der Waals surface area contributed by atoms with Crippen LogP contribution in [-0.4, -0.2) is 0 Å². The Labute approximate surface area is 307 Å². The fourth-order valence-electron chi connectivity index (χ4n) is 14.2. The lowest BCUT2D eigenvalue weighted by Gasteiger charge is -2.61. The van der Waals surface area contributed by atoms with Crippen LogP contribution in [0.25, 0.3) is 0 Å². The number of rotatable bonds is 12. The van der Waals surface area contributed by atoms with Crippen molar-refractivity contribution < 1.29 is 0 Å². The van der Waals surface area contributed by atoms with Gasteiger partial charge in [-0.25, -0.2) is 0 Å². The van der Waals surface area contributed by atoms with Gasteiger partial charge in [0.2, 0.25) is 0 Å². The Morgan fingerprint density at radius 2 is 1.06 bits per heavy atom. The summed E-state index contributed by atoms with van der Waals surface area (Å²) in [6.45, 7) is 15.5. The lowest BCUT2D eigenvalue weighted by Crippen LogP contribution is -2.54. The normalized spacial score (nSPS) is 39.6. The SMILES string of the molecule is C.C.C.C.CCCCC(C)CCC1CCCCC(C2C(CC)C(CC)C(C(CC)C3CCCCC3C)C3CCCCC32)C2CCCCC12. The van der Waals surface area contributed by atoms with Crippen LogP contribution in [0.4, 0.5) is 0 Å². The second-order valence-electron chi connectivity index (χ2n) is 18.1. The van der Waals surface area contributed by atoms with Gasteiger partial charge in [-0.05, 0) is 128 Å². The van der Waals surface area contributed by atoms with Crippen LogP contribution in [0, 0.1) is 82.9 Å². The van der Waals surface area contributed by atoms with Crippen molar-refractivity contribution in [1.29, 1.82) is 0 Å². The first-order chi connectivity index (χ1) is 21.5.